The summed E-state index contributed by atoms with van der Waals surface area (Å²) in [5.74, 6) is -2.44. The van der Waals surface area contributed by atoms with Crippen LogP contribution in [0.3, 0.4) is 0 Å². The topological polar surface area (TPSA) is 63.6 Å². The Balaban J connectivity index is 2.61. The van der Waals surface area contributed by atoms with Crippen LogP contribution in [0.4, 0.5) is 4.39 Å². The monoisotopic (exact) mass is 274 g/mol. The van der Waals surface area contributed by atoms with E-state index in [0.29, 0.717) is 11.1 Å². The number of aromatic carboxylic acids is 1. The molecule has 2 aromatic carbocycles. The van der Waals surface area contributed by atoms with Gasteiger partial charge in [0.2, 0.25) is 0 Å². The lowest BCUT2D eigenvalue weighted by Gasteiger charge is -2.08. The van der Waals surface area contributed by atoms with Gasteiger partial charge in [-0.15, -0.1) is 0 Å². The lowest BCUT2D eigenvalue weighted by Crippen LogP contribution is -2.03. The summed E-state index contributed by atoms with van der Waals surface area (Å²) in [7, 11) is 1.19. The number of ether oxygens (including phenoxy) is 1. The zero-order valence-electron chi connectivity index (χ0n) is 10.6. The number of carboxylic acid groups (broad SMARTS) is 1. The van der Waals surface area contributed by atoms with Gasteiger partial charge in [0.1, 0.15) is 5.82 Å². The SMILES string of the molecule is COC(=O)c1cc(F)cc(-c2ccccc2C(=O)O)c1. The van der Waals surface area contributed by atoms with Crippen molar-refractivity contribution < 1.29 is 23.8 Å². The van der Waals surface area contributed by atoms with E-state index in [2.05, 4.69) is 4.74 Å². The highest BCUT2D eigenvalue weighted by molar-refractivity contribution is 5.97. The molecule has 0 aliphatic heterocycles. The first-order valence-electron chi connectivity index (χ1n) is 5.74. The largest absolute Gasteiger partial charge is 0.478 e. The van der Waals surface area contributed by atoms with Gasteiger partial charge in [0.15, 0.2) is 0 Å². The average molecular weight is 274 g/mol. The molecule has 1 N–H and O–H groups in total. The summed E-state index contributed by atoms with van der Waals surface area (Å²) in [4.78, 5) is 22.6. The Labute approximate surface area is 114 Å². The van der Waals surface area contributed by atoms with Gasteiger partial charge in [0.05, 0.1) is 18.2 Å². The van der Waals surface area contributed by atoms with Gasteiger partial charge in [-0.2, -0.15) is 0 Å². The van der Waals surface area contributed by atoms with E-state index < -0.39 is 17.8 Å². The fraction of sp³-hybridized carbons (Fsp3) is 0.0667. The van der Waals surface area contributed by atoms with Crippen molar-refractivity contribution in [1.29, 1.82) is 0 Å². The summed E-state index contributed by atoms with van der Waals surface area (Å²) in [6.45, 7) is 0. The predicted octanol–water partition coefficient (Wildman–Crippen LogP) is 2.98. The van der Waals surface area contributed by atoms with E-state index in [9.17, 15) is 14.0 Å². The van der Waals surface area contributed by atoms with Gasteiger partial charge in [-0.1, -0.05) is 18.2 Å². The lowest BCUT2D eigenvalue weighted by molar-refractivity contribution is 0.0599. The molecule has 0 radical (unpaired) electrons. The van der Waals surface area contributed by atoms with E-state index in [4.69, 9.17) is 5.11 Å². The standard InChI is InChI=1S/C15H11FO4/c1-20-15(19)10-6-9(7-11(16)8-10)12-4-2-3-5-13(12)14(17)18/h2-8H,1H3,(H,17,18). The van der Waals surface area contributed by atoms with E-state index in [1.807, 2.05) is 0 Å². The molecule has 5 heteroatoms. The number of esters is 1. The molecule has 0 fully saturated rings. The Morgan fingerprint density at radius 1 is 1.15 bits per heavy atom. The summed E-state index contributed by atoms with van der Waals surface area (Å²) in [5, 5.41) is 9.14. The van der Waals surface area contributed by atoms with Crippen LogP contribution in [0, 0.1) is 5.82 Å². The molecule has 0 spiro atoms. The van der Waals surface area contributed by atoms with Crippen molar-refractivity contribution in [2.24, 2.45) is 0 Å². The molecule has 0 bridgehead atoms. The third-order valence-electron chi connectivity index (χ3n) is 2.79. The zero-order chi connectivity index (χ0) is 14.7. The average Bonchev–Trinajstić information content (AvgIpc) is 2.45. The second kappa shape index (κ2) is 5.52. The van der Waals surface area contributed by atoms with Gasteiger partial charge >= 0.3 is 11.9 Å². The fourth-order valence-electron chi connectivity index (χ4n) is 1.90. The van der Waals surface area contributed by atoms with Crippen molar-refractivity contribution in [1.82, 2.24) is 0 Å². The summed E-state index contributed by atoms with van der Waals surface area (Å²) >= 11 is 0. The van der Waals surface area contributed by atoms with Gasteiger partial charge in [0.25, 0.3) is 0 Å². The highest BCUT2D eigenvalue weighted by atomic mass is 19.1. The minimum atomic E-state index is -1.12. The van der Waals surface area contributed by atoms with Crippen molar-refractivity contribution in [3.8, 4) is 11.1 Å². The molecule has 0 heterocycles. The van der Waals surface area contributed by atoms with E-state index in [1.54, 1.807) is 18.2 Å². The quantitative estimate of drug-likeness (QED) is 0.874. The second-order valence-corrected chi connectivity index (χ2v) is 4.07. The first-order chi connectivity index (χ1) is 9.52. The van der Waals surface area contributed by atoms with Crippen LogP contribution in [0.2, 0.25) is 0 Å². The summed E-state index contributed by atoms with van der Waals surface area (Å²) in [6, 6.07) is 9.81. The second-order valence-electron chi connectivity index (χ2n) is 4.07. The van der Waals surface area contributed by atoms with E-state index in [-0.39, 0.29) is 11.1 Å². The number of carboxylic acids is 1. The molecule has 0 amide bonds. The van der Waals surface area contributed by atoms with Crippen molar-refractivity contribution in [3.63, 3.8) is 0 Å². The number of benzene rings is 2. The van der Waals surface area contributed by atoms with Crippen molar-refractivity contribution in [2.45, 2.75) is 0 Å². The molecule has 0 unspecified atom stereocenters. The Morgan fingerprint density at radius 2 is 1.85 bits per heavy atom. The minimum Gasteiger partial charge on any atom is -0.478 e. The zero-order valence-corrected chi connectivity index (χ0v) is 10.6. The van der Waals surface area contributed by atoms with Gasteiger partial charge in [-0.3, -0.25) is 0 Å². The molecular weight excluding hydrogens is 263 g/mol. The van der Waals surface area contributed by atoms with Crippen LogP contribution < -0.4 is 0 Å². The van der Waals surface area contributed by atoms with Crippen LogP contribution >= 0.6 is 0 Å². The smallest absolute Gasteiger partial charge is 0.337 e. The molecule has 0 saturated carbocycles. The van der Waals surface area contributed by atoms with Crippen molar-refractivity contribution in [2.75, 3.05) is 7.11 Å². The molecular formula is C15H11FO4. The third-order valence-corrected chi connectivity index (χ3v) is 2.79. The van der Waals surface area contributed by atoms with Crippen molar-refractivity contribution >= 4 is 11.9 Å². The van der Waals surface area contributed by atoms with Gasteiger partial charge in [0, 0.05) is 0 Å². The normalized spacial score (nSPS) is 10.1. The number of halogens is 1. The fourth-order valence-corrected chi connectivity index (χ4v) is 1.90. The van der Waals surface area contributed by atoms with Crippen LogP contribution in [0.15, 0.2) is 42.5 Å². The summed E-state index contributed by atoms with van der Waals surface area (Å²) in [5.41, 5.74) is 0.713. The molecule has 0 atom stereocenters. The van der Waals surface area contributed by atoms with E-state index >= 15 is 0 Å². The maximum atomic E-state index is 13.6. The molecule has 4 nitrogen and oxygen atoms in total. The number of carbonyl (C=O) groups excluding carboxylic acids is 1. The molecule has 20 heavy (non-hydrogen) atoms. The predicted molar refractivity (Wildman–Crippen MR) is 70.1 cm³/mol. The highest BCUT2D eigenvalue weighted by Gasteiger charge is 2.14. The van der Waals surface area contributed by atoms with Gasteiger partial charge < -0.3 is 9.84 Å². The lowest BCUT2D eigenvalue weighted by atomic mass is 9.98. The van der Waals surface area contributed by atoms with Gasteiger partial charge in [-0.25, -0.2) is 14.0 Å². The molecule has 0 aliphatic rings. The maximum Gasteiger partial charge on any atom is 0.337 e. The first kappa shape index (κ1) is 13.7. The van der Waals surface area contributed by atoms with Crippen LogP contribution in [0.1, 0.15) is 20.7 Å². The Morgan fingerprint density at radius 3 is 2.50 bits per heavy atom. The maximum absolute atomic E-state index is 13.6. The molecule has 102 valence electrons. The van der Waals surface area contributed by atoms with Crippen LogP contribution in [-0.2, 0) is 4.74 Å². The number of hydrogen-bond acceptors (Lipinski definition) is 3. The van der Waals surface area contributed by atoms with E-state index in [1.165, 1.54) is 25.3 Å². The van der Waals surface area contributed by atoms with Crippen LogP contribution in [-0.4, -0.2) is 24.2 Å². The number of carbonyl (C=O) groups is 2. The highest BCUT2D eigenvalue weighted by Crippen LogP contribution is 2.26. The van der Waals surface area contributed by atoms with Crippen LogP contribution in [0.5, 0.6) is 0 Å². The number of rotatable bonds is 3. The first-order valence-corrected chi connectivity index (χ1v) is 5.74. The van der Waals surface area contributed by atoms with Crippen molar-refractivity contribution in [3.05, 3.63) is 59.4 Å². The van der Waals surface area contributed by atoms with Crippen LogP contribution in [0.25, 0.3) is 11.1 Å². The Hall–Kier alpha value is -2.69. The summed E-state index contributed by atoms with van der Waals surface area (Å²) < 4.78 is 18.1. The molecule has 0 aromatic heterocycles. The minimum absolute atomic E-state index is 0.0303. The number of hydrogen-bond donors (Lipinski definition) is 1. The Bertz CT molecular complexity index is 679. The van der Waals surface area contributed by atoms with Gasteiger partial charge in [-0.05, 0) is 35.4 Å². The van der Waals surface area contributed by atoms with E-state index in [0.717, 1.165) is 6.07 Å². The molecule has 0 saturated heterocycles. The molecule has 2 rings (SSSR count). The summed E-state index contributed by atoms with van der Waals surface area (Å²) in [6.07, 6.45) is 0. The molecule has 2 aromatic rings. The Kier molecular flexibility index (Phi) is 3.79. The molecule has 0 aliphatic carbocycles. The number of methoxy groups -OCH3 is 1. The third kappa shape index (κ3) is 2.66.